The Kier molecular flexibility index (Phi) is 4.76. The molecule has 96 valence electrons. The summed E-state index contributed by atoms with van der Waals surface area (Å²) in [6.07, 6.45) is 0. The Morgan fingerprint density at radius 3 is 2.56 bits per heavy atom. The number of para-hydroxylation sites is 2. The van der Waals surface area contributed by atoms with Crippen molar-refractivity contribution in [3.8, 4) is 0 Å². The van der Waals surface area contributed by atoms with Crippen LogP contribution < -0.4 is 10.4 Å². The van der Waals surface area contributed by atoms with Gasteiger partial charge in [0.05, 0.1) is 17.5 Å². The highest BCUT2D eigenvalue weighted by molar-refractivity contribution is 5.94. The van der Waals surface area contributed by atoms with Gasteiger partial charge >= 0.3 is 0 Å². The van der Waals surface area contributed by atoms with Crippen LogP contribution in [0, 0.1) is 10.1 Å². The van der Waals surface area contributed by atoms with Gasteiger partial charge in [-0.3, -0.25) is 14.9 Å². The molecule has 0 aliphatic carbocycles. The smallest absolute Gasteiger partial charge is 0.292 e. The molecule has 0 aliphatic rings. The third-order valence-electron chi connectivity index (χ3n) is 1.83. The molecule has 8 nitrogen and oxygen atoms in total. The van der Waals surface area contributed by atoms with Gasteiger partial charge in [-0.2, -0.15) is 0 Å². The maximum Gasteiger partial charge on any atom is 0.292 e. The number of amides is 1. The number of hydrogen-bond acceptors (Lipinski definition) is 6. The van der Waals surface area contributed by atoms with Gasteiger partial charge in [-0.05, 0) is 6.07 Å². The van der Waals surface area contributed by atoms with Crippen molar-refractivity contribution >= 4 is 23.3 Å². The van der Waals surface area contributed by atoms with Crippen LogP contribution in [0.25, 0.3) is 0 Å². The van der Waals surface area contributed by atoms with Gasteiger partial charge in [0.2, 0.25) is 0 Å². The van der Waals surface area contributed by atoms with Crippen LogP contribution in [0.4, 0.5) is 11.4 Å². The molecule has 0 unspecified atom stereocenters. The summed E-state index contributed by atoms with van der Waals surface area (Å²) in [4.78, 5) is 31.3. The highest BCUT2D eigenvalue weighted by Crippen LogP contribution is 2.22. The van der Waals surface area contributed by atoms with Crippen molar-refractivity contribution in [1.29, 1.82) is 0 Å². The Labute approximate surface area is 101 Å². The molecule has 0 aromatic heterocycles. The van der Waals surface area contributed by atoms with E-state index in [2.05, 4.69) is 10.1 Å². The number of nitro groups is 1. The van der Waals surface area contributed by atoms with Crippen molar-refractivity contribution in [3.05, 3.63) is 34.4 Å². The van der Waals surface area contributed by atoms with E-state index < -0.39 is 30.0 Å². The number of ether oxygens (including phenoxy) is 1. The number of carboxylic acid groups (broad SMARTS) is 1. The standard InChI is InChI=1S/C10H10N2O6/c13-9(5-18-6-10(14)15)11-7-3-1-2-4-8(7)12(16)17/h1-4H,5-6H2,(H,11,13)(H,14,15)/p-1. The first-order chi connectivity index (χ1) is 8.50. The lowest BCUT2D eigenvalue weighted by molar-refractivity contribution is -0.383. The molecule has 0 atom stereocenters. The minimum atomic E-state index is -1.45. The van der Waals surface area contributed by atoms with E-state index in [0.29, 0.717) is 0 Å². The maximum atomic E-state index is 11.3. The van der Waals surface area contributed by atoms with Crippen molar-refractivity contribution in [2.75, 3.05) is 18.5 Å². The number of carboxylic acids is 1. The summed E-state index contributed by atoms with van der Waals surface area (Å²) >= 11 is 0. The van der Waals surface area contributed by atoms with Gasteiger partial charge in [-0.1, -0.05) is 12.1 Å². The van der Waals surface area contributed by atoms with Crippen molar-refractivity contribution in [2.45, 2.75) is 0 Å². The SMILES string of the molecule is O=C([O-])COCC(=O)Nc1ccccc1[N+](=O)[O-]. The Morgan fingerprint density at radius 1 is 1.28 bits per heavy atom. The minimum Gasteiger partial charge on any atom is -0.548 e. The van der Waals surface area contributed by atoms with Crippen molar-refractivity contribution in [1.82, 2.24) is 0 Å². The monoisotopic (exact) mass is 253 g/mol. The van der Waals surface area contributed by atoms with E-state index in [4.69, 9.17) is 0 Å². The van der Waals surface area contributed by atoms with Crippen molar-refractivity contribution in [2.24, 2.45) is 0 Å². The second-order valence-corrected chi connectivity index (χ2v) is 3.19. The average molecular weight is 253 g/mol. The number of nitro benzene ring substituents is 1. The summed E-state index contributed by atoms with van der Waals surface area (Å²) in [6, 6.07) is 5.57. The highest BCUT2D eigenvalue weighted by Gasteiger charge is 2.14. The number of nitrogens with one attached hydrogen (secondary N) is 1. The van der Waals surface area contributed by atoms with Gasteiger partial charge < -0.3 is 20.0 Å². The molecule has 0 saturated carbocycles. The molecule has 1 N–H and O–H groups in total. The van der Waals surface area contributed by atoms with Crippen LogP contribution in [0.1, 0.15) is 0 Å². The molecule has 1 rings (SSSR count). The lowest BCUT2D eigenvalue weighted by atomic mass is 10.2. The van der Waals surface area contributed by atoms with Gasteiger partial charge in [0.1, 0.15) is 12.3 Å². The molecule has 1 amide bonds. The number of hydrogen-bond donors (Lipinski definition) is 1. The summed E-state index contributed by atoms with van der Waals surface area (Å²) in [5.41, 5.74) is -0.240. The number of aliphatic carboxylic acids is 1. The van der Waals surface area contributed by atoms with Crippen LogP contribution in [0.5, 0.6) is 0 Å². The highest BCUT2D eigenvalue weighted by atomic mass is 16.6. The van der Waals surface area contributed by atoms with Crippen LogP contribution in [0.2, 0.25) is 0 Å². The predicted molar refractivity (Wildman–Crippen MR) is 57.6 cm³/mol. The van der Waals surface area contributed by atoms with Crippen LogP contribution >= 0.6 is 0 Å². The topological polar surface area (TPSA) is 122 Å². The quantitative estimate of drug-likeness (QED) is 0.528. The zero-order valence-corrected chi connectivity index (χ0v) is 9.12. The van der Waals surface area contributed by atoms with E-state index in [1.807, 2.05) is 0 Å². The number of nitrogens with zero attached hydrogens (tertiary/aromatic N) is 1. The Bertz CT molecular complexity index is 473. The maximum absolute atomic E-state index is 11.3. The van der Waals surface area contributed by atoms with Gasteiger partial charge in [0.15, 0.2) is 0 Å². The Hall–Kier alpha value is -2.48. The molecule has 0 radical (unpaired) electrons. The Balaban J connectivity index is 2.59. The molecule has 0 fully saturated rings. The molecule has 0 saturated heterocycles. The molecule has 1 aromatic carbocycles. The zero-order chi connectivity index (χ0) is 13.5. The molecular formula is C10H9N2O6-. The first-order valence-corrected chi connectivity index (χ1v) is 4.81. The minimum absolute atomic E-state index is 0.0181. The van der Waals surface area contributed by atoms with E-state index in [1.165, 1.54) is 24.3 Å². The van der Waals surface area contributed by atoms with E-state index >= 15 is 0 Å². The summed E-state index contributed by atoms with van der Waals surface area (Å²) in [7, 11) is 0. The summed E-state index contributed by atoms with van der Waals surface area (Å²) in [5.74, 6) is -2.14. The van der Waals surface area contributed by atoms with Gasteiger partial charge in [-0.25, -0.2) is 0 Å². The third-order valence-corrected chi connectivity index (χ3v) is 1.83. The molecule has 0 spiro atoms. The molecule has 0 heterocycles. The summed E-state index contributed by atoms with van der Waals surface area (Å²) in [5, 5.41) is 22.9. The largest absolute Gasteiger partial charge is 0.548 e. The third kappa shape index (κ3) is 4.18. The van der Waals surface area contributed by atoms with E-state index in [1.54, 1.807) is 0 Å². The molecule has 0 aliphatic heterocycles. The summed E-state index contributed by atoms with van der Waals surface area (Å²) in [6.45, 7) is -1.25. The van der Waals surface area contributed by atoms with Crippen LogP contribution in [0.15, 0.2) is 24.3 Å². The number of rotatable bonds is 6. The van der Waals surface area contributed by atoms with Crippen molar-refractivity contribution < 1.29 is 24.4 Å². The van der Waals surface area contributed by atoms with E-state index in [9.17, 15) is 24.8 Å². The van der Waals surface area contributed by atoms with Gasteiger partial charge in [0, 0.05) is 6.07 Å². The first-order valence-electron chi connectivity index (χ1n) is 4.81. The lowest BCUT2D eigenvalue weighted by Gasteiger charge is -2.06. The van der Waals surface area contributed by atoms with Gasteiger partial charge in [0.25, 0.3) is 11.6 Å². The molecule has 0 bridgehead atoms. The number of carbonyl (C=O) groups is 2. The fraction of sp³-hybridized carbons (Fsp3) is 0.200. The summed E-state index contributed by atoms with van der Waals surface area (Å²) < 4.78 is 4.49. The van der Waals surface area contributed by atoms with Crippen LogP contribution in [-0.4, -0.2) is 30.0 Å². The normalized spacial score (nSPS) is 9.78. The zero-order valence-electron chi connectivity index (χ0n) is 9.12. The fourth-order valence-corrected chi connectivity index (χ4v) is 1.15. The molecule has 1 aromatic rings. The number of anilines is 1. The van der Waals surface area contributed by atoms with Crippen LogP contribution in [0.3, 0.4) is 0 Å². The fourth-order valence-electron chi connectivity index (χ4n) is 1.15. The first kappa shape index (κ1) is 13.6. The predicted octanol–water partition coefficient (Wildman–Crippen LogP) is -0.700. The van der Waals surface area contributed by atoms with Crippen LogP contribution in [-0.2, 0) is 14.3 Å². The second-order valence-electron chi connectivity index (χ2n) is 3.19. The number of benzene rings is 1. The molecular weight excluding hydrogens is 244 g/mol. The van der Waals surface area contributed by atoms with E-state index in [-0.39, 0.29) is 11.4 Å². The van der Waals surface area contributed by atoms with E-state index in [0.717, 1.165) is 0 Å². The number of carbonyl (C=O) groups excluding carboxylic acids is 2. The molecule has 8 heteroatoms. The average Bonchev–Trinajstić information content (AvgIpc) is 2.28. The molecule has 18 heavy (non-hydrogen) atoms. The second kappa shape index (κ2) is 6.30. The van der Waals surface area contributed by atoms with Crippen molar-refractivity contribution in [3.63, 3.8) is 0 Å². The lowest BCUT2D eigenvalue weighted by Crippen LogP contribution is -2.29. The van der Waals surface area contributed by atoms with Gasteiger partial charge in [-0.15, -0.1) is 0 Å². The Morgan fingerprint density at radius 2 is 1.94 bits per heavy atom.